The highest BCUT2D eigenvalue weighted by molar-refractivity contribution is 7.99. The molecule has 17 heavy (non-hydrogen) atoms. The summed E-state index contributed by atoms with van der Waals surface area (Å²) in [6, 6.07) is 5.59. The number of nitrogens with zero attached hydrogens (tertiary/aromatic N) is 2. The molecule has 0 fully saturated rings. The molecule has 1 N–H and O–H groups in total. The van der Waals surface area contributed by atoms with Gasteiger partial charge in [-0.3, -0.25) is 4.79 Å². The van der Waals surface area contributed by atoms with Crippen LogP contribution in [0.4, 0.5) is 0 Å². The number of fused-ring (bicyclic) bond motifs is 1. The second kappa shape index (κ2) is 5.20. The molecule has 0 saturated carbocycles. The van der Waals surface area contributed by atoms with Crippen LogP contribution in [-0.2, 0) is 16.1 Å². The molecule has 0 amide bonds. The molecule has 0 aliphatic heterocycles. The number of pyridine rings is 1. The molecule has 2 aromatic heterocycles. The van der Waals surface area contributed by atoms with Gasteiger partial charge < -0.3 is 14.2 Å². The lowest BCUT2D eigenvalue weighted by Gasteiger charge is -2.00. The zero-order chi connectivity index (χ0) is 12.3. The molecule has 0 saturated heterocycles. The molecule has 0 unspecified atom stereocenters. The van der Waals surface area contributed by atoms with E-state index < -0.39 is 0 Å². The molecule has 0 spiro atoms. The van der Waals surface area contributed by atoms with Gasteiger partial charge in [0, 0.05) is 6.20 Å². The first-order chi connectivity index (χ1) is 8.26. The van der Waals surface area contributed by atoms with E-state index in [1.165, 1.54) is 18.9 Å². The Kier molecular flexibility index (Phi) is 3.65. The Bertz CT molecular complexity index is 538. The zero-order valence-corrected chi connectivity index (χ0v) is 10.1. The third kappa shape index (κ3) is 2.42. The van der Waals surface area contributed by atoms with Crippen LogP contribution in [0.15, 0.2) is 29.4 Å². The summed E-state index contributed by atoms with van der Waals surface area (Å²) in [5.74, 6) is -0.121. The van der Waals surface area contributed by atoms with E-state index in [4.69, 9.17) is 0 Å². The average molecular weight is 252 g/mol. The maximum Gasteiger partial charge on any atom is 0.316 e. The van der Waals surface area contributed by atoms with Gasteiger partial charge >= 0.3 is 5.97 Å². The molecule has 0 aromatic carbocycles. The third-order valence-corrected chi connectivity index (χ3v) is 3.28. The summed E-state index contributed by atoms with van der Waals surface area (Å²) in [4.78, 5) is 15.4. The van der Waals surface area contributed by atoms with Crippen molar-refractivity contribution < 1.29 is 14.6 Å². The molecule has 0 radical (unpaired) electrons. The van der Waals surface area contributed by atoms with Gasteiger partial charge in [-0.05, 0) is 12.1 Å². The normalized spacial score (nSPS) is 10.7. The Hall–Kier alpha value is -1.53. The molecule has 2 aromatic rings. The first-order valence-electron chi connectivity index (χ1n) is 5.02. The number of aliphatic hydroxyl groups is 1. The number of ether oxygens (including phenoxy) is 1. The molecule has 0 atom stereocenters. The molecule has 6 heteroatoms. The predicted octanol–water partition coefficient (Wildman–Crippen LogP) is 1.09. The fraction of sp³-hybridized carbons (Fsp3) is 0.273. The molecular weight excluding hydrogens is 240 g/mol. The highest BCUT2D eigenvalue weighted by Gasteiger charge is 2.13. The van der Waals surface area contributed by atoms with Crippen molar-refractivity contribution >= 4 is 23.4 Å². The second-order valence-corrected chi connectivity index (χ2v) is 4.28. The van der Waals surface area contributed by atoms with Crippen molar-refractivity contribution in [2.24, 2.45) is 0 Å². The minimum absolute atomic E-state index is 0.116. The maximum atomic E-state index is 11.1. The van der Waals surface area contributed by atoms with Crippen molar-refractivity contribution in [1.82, 2.24) is 9.38 Å². The summed E-state index contributed by atoms with van der Waals surface area (Å²) in [6.07, 6.45) is 1.83. The van der Waals surface area contributed by atoms with Crippen LogP contribution in [0, 0.1) is 0 Å². The van der Waals surface area contributed by atoms with Gasteiger partial charge in [-0.25, -0.2) is 4.98 Å². The quantitative estimate of drug-likeness (QED) is 0.652. The smallest absolute Gasteiger partial charge is 0.316 e. The van der Waals surface area contributed by atoms with E-state index in [-0.39, 0.29) is 18.3 Å². The summed E-state index contributed by atoms with van der Waals surface area (Å²) < 4.78 is 6.37. The molecule has 90 valence electrons. The van der Waals surface area contributed by atoms with Crippen LogP contribution in [0.3, 0.4) is 0 Å². The lowest BCUT2D eigenvalue weighted by Crippen LogP contribution is -2.03. The Labute approximate surface area is 102 Å². The molecule has 2 rings (SSSR count). The summed E-state index contributed by atoms with van der Waals surface area (Å²) >= 11 is 1.26. The van der Waals surface area contributed by atoms with Gasteiger partial charge in [0.15, 0.2) is 0 Å². The number of aromatic nitrogens is 2. The largest absolute Gasteiger partial charge is 0.468 e. The van der Waals surface area contributed by atoms with Crippen LogP contribution in [0.2, 0.25) is 0 Å². The van der Waals surface area contributed by atoms with Crippen molar-refractivity contribution in [3.05, 3.63) is 30.1 Å². The van der Waals surface area contributed by atoms with Gasteiger partial charge in [-0.15, -0.1) is 0 Å². The van der Waals surface area contributed by atoms with Crippen LogP contribution in [0.25, 0.3) is 5.65 Å². The molecular formula is C11H12N2O3S. The van der Waals surface area contributed by atoms with Gasteiger partial charge in [-0.1, -0.05) is 17.8 Å². The first-order valence-corrected chi connectivity index (χ1v) is 6.01. The summed E-state index contributed by atoms with van der Waals surface area (Å²) in [5.41, 5.74) is 1.44. The Morgan fingerprint density at radius 1 is 1.59 bits per heavy atom. The van der Waals surface area contributed by atoms with Gasteiger partial charge in [-0.2, -0.15) is 0 Å². The number of imidazole rings is 1. The SMILES string of the molecule is COC(=O)CSc1nc2ccccn2c1CO. The number of hydrogen-bond donors (Lipinski definition) is 1. The highest BCUT2D eigenvalue weighted by Crippen LogP contribution is 2.23. The minimum atomic E-state index is -0.309. The number of methoxy groups -OCH3 is 1. The number of aliphatic hydroxyl groups excluding tert-OH is 1. The van der Waals surface area contributed by atoms with E-state index in [1.807, 2.05) is 24.4 Å². The van der Waals surface area contributed by atoms with E-state index in [2.05, 4.69) is 9.72 Å². The topological polar surface area (TPSA) is 63.8 Å². The molecule has 0 aliphatic carbocycles. The summed E-state index contributed by atoms with van der Waals surface area (Å²) in [5, 5.41) is 9.99. The first kappa shape index (κ1) is 11.9. The van der Waals surface area contributed by atoms with Gasteiger partial charge in [0.2, 0.25) is 0 Å². The zero-order valence-electron chi connectivity index (χ0n) is 9.29. The standard InChI is InChI=1S/C11H12N2O3S/c1-16-10(15)7-17-11-8(6-14)13-5-3-2-4-9(13)12-11/h2-5,14H,6-7H2,1H3. The number of rotatable bonds is 4. The molecule has 5 nitrogen and oxygen atoms in total. The fourth-order valence-electron chi connectivity index (χ4n) is 1.47. The predicted molar refractivity (Wildman–Crippen MR) is 63.9 cm³/mol. The number of thioether (sulfide) groups is 1. The maximum absolute atomic E-state index is 11.1. The Balaban J connectivity index is 2.30. The Morgan fingerprint density at radius 2 is 2.41 bits per heavy atom. The van der Waals surface area contributed by atoms with Gasteiger partial charge in [0.05, 0.1) is 25.2 Å². The number of carbonyl (C=O) groups excluding carboxylic acids is 1. The van der Waals surface area contributed by atoms with E-state index in [9.17, 15) is 9.90 Å². The summed E-state index contributed by atoms with van der Waals surface area (Å²) in [7, 11) is 1.35. The van der Waals surface area contributed by atoms with E-state index >= 15 is 0 Å². The number of carbonyl (C=O) groups is 1. The minimum Gasteiger partial charge on any atom is -0.468 e. The van der Waals surface area contributed by atoms with Crippen LogP contribution >= 0.6 is 11.8 Å². The van der Waals surface area contributed by atoms with Crippen LogP contribution < -0.4 is 0 Å². The number of hydrogen-bond acceptors (Lipinski definition) is 5. The second-order valence-electron chi connectivity index (χ2n) is 3.32. The van der Waals surface area contributed by atoms with Crippen molar-refractivity contribution in [3.8, 4) is 0 Å². The van der Waals surface area contributed by atoms with E-state index in [0.717, 1.165) is 5.65 Å². The summed E-state index contributed by atoms with van der Waals surface area (Å²) in [6.45, 7) is -0.116. The van der Waals surface area contributed by atoms with Crippen molar-refractivity contribution in [2.75, 3.05) is 12.9 Å². The van der Waals surface area contributed by atoms with Gasteiger partial charge in [0.25, 0.3) is 0 Å². The fourth-order valence-corrected chi connectivity index (χ4v) is 2.33. The third-order valence-electron chi connectivity index (χ3n) is 2.30. The molecule has 2 heterocycles. The lowest BCUT2D eigenvalue weighted by atomic mass is 10.4. The van der Waals surface area contributed by atoms with Crippen molar-refractivity contribution in [2.45, 2.75) is 11.6 Å². The molecule has 0 bridgehead atoms. The molecule has 0 aliphatic rings. The van der Waals surface area contributed by atoms with Crippen LogP contribution in [0.1, 0.15) is 5.69 Å². The van der Waals surface area contributed by atoms with Gasteiger partial charge in [0.1, 0.15) is 10.7 Å². The van der Waals surface area contributed by atoms with Crippen molar-refractivity contribution in [1.29, 1.82) is 0 Å². The van der Waals surface area contributed by atoms with Crippen LogP contribution in [0.5, 0.6) is 0 Å². The van der Waals surface area contributed by atoms with Crippen LogP contribution in [-0.4, -0.2) is 33.3 Å². The lowest BCUT2D eigenvalue weighted by molar-refractivity contribution is -0.137. The Morgan fingerprint density at radius 3 is 3.12 bits per heavy atom. The average Bonchev–Trinajstić information content (AvgIpc) is 2.73. The van der Waals surface area contributed by atoms with E-state index in [0.29, 0.717) is 10.7 Å². The monoisotopic (exact) mass is 252 g/mol. The highest BCUT2D eigenvalue weighted by atomic mass is 32.2. The van der Waals surface area contributed by atoms with Crippen molar-refractivity contribution in [3.63, 3.8) is 0 Å². The number of esters is 1. The van der Waals surface area contributed by atoms with E-state index in [1.54, 1.807) is 4.40 Å².